The Balaban J connectivity index is 3.22. The Morgan fingerprint density at radius 3 is 2.67 bits per heavy atom. The van der Waals surface area contributed by atoms with Gasteiger partial charge in [-0.05, 0) is 0 Å². The molecular weight excluding hydrogens is 180 g/mol. The first kappa shape index (κ1) is 8.93. The molecule has 66 valence electrons. The fourth-order valence-electron chi connectivity index (χ4n) is 0.958. The van der Waals surface area contributed by atoms with Crippen LogP contribution in [0.2, 0.25) is 5.02 Å². The summed E-state index contributed by atoms with van der Waals surface area (Å²) in [6.07, 6.45) is 1.56. The number of carbonyl (C=O) groups excluding carboxylic acids is 1. The second-order valence-corrected chi connectivity index (χ2v) is 2.75. The smallest absolute Gasteiger partial charge is 0.356 e. The third-order valence-corrected chi connectivity index (χ3v) is 1.85. The molecule has 0 spiro atoms. The molecule has 0 amide bonds. The lowest BCUT2D eigenvalue weighted by Crippen LogP contribution is -2.09. The molecule has 0 aliphatic heterocycles. The molecule has 0 saturated heterocycles. The summed E-state index contributed by atoms with van der Waals surface area (Å²) in [5.41, 5.74) is 6.06. The Morgan fingerprint density at radius 2 is 2.33 bits per heavy atom. The van der Waals surface area contributed by atoms with Crippen LogP contribution in [0.3, 0.4) is 0 Å². The molecule has 1 rings (SSSR count). The van der Waals surface area contributed by atoms with E-state index in [1.54, 1.807) is 13.2 Å². The van der Waals surface area contributed by atoms with Crippen LogP contribution in [-0.2, 0) is 11.8 Å². The summed E-state index contributed by atoms with van der Waals surface area (Å²) in [5.74, 6) is -0.484. The van der Waals surface area contributed by atoms with Crippen molar-refractivity contribution in [3.8, 4) is 0 Å². The molecule has 5 heteroatoms. The fourth-order valence-corrected chi connectivity index (χ4v) is 1.19. The Kier molecular flexibility index (Phi) is 2.28. The van der Waals surface area contributed by atoms with Crippen LogP contribution in [0.15, 0.2) is 6.20 Å². The number of anilines is 1. The molecule has 0 fully saturated rings. The quantitative estimate of drug-likeness (QED) is 0.671. The lowest BCUT2D eigenvalue weighted by Gasteiger charge is -2.00. The van der Waals surface area contributed by atoms with Crippen LogP contribution < -0.4 is 5.73 Å². The molecule has 4 nitrogen and oxygen atoms in total. The number of hydrogen-bond acceptors (Lipinski definition) is 3. The van der Waals surface area contributed by atoms with E-state index in [1.165, 1.54) is 11.7 Å². The van der Waals surface area contributed by atoms with Crippen molar-refractivity contribution in [1.29, 1.82) is 0 Å². The number of aryl methyl sites for hydroxylation is 1. The Hall–Kier alpha value is -1.16. The van der Waals surface area contributed by atoms with E-state index in [2.05, 4.69) is 4.74 Å². The van der Waals surface area contributed by atoms with Crippen molar-refractivity contribution >= 4 is 23.3 Å². The first-order valence-electron chi connectivity index (χ1n) is 3.26. The summed E-state index contributed by atoms with van der Waals surface area (Å²) in [5, 5.41) is 0.359. The van der Waals surface area contributed by atoms with E-state index < -0.39 is 5.97 Å². The highest BCUT2D eigenvalue weighted by molar-refractivity contribution is 6.33. The van der Waals surface area contributed by atoms with Gasteiger partial charge >= 0.3 is 5.97 Å². The van der Waals surface area contributed by atoms with Crippen LogP contribution in [0.25, 0.3) is 0 Å². The van der Waals surface area contributed by atoms with Gasteiger partial charge in [-0.15, -0.1) is 0 Å². The molecule has 1 aromatic rings. The summed E-state index contributed by atoms with van der Waals surface area (Å²) < 4.78 is 6.04. The monoisotopic (exact) mass is 188 g/mol. The molecule has 0 unspecified atom stereocenters. The molecule has 0 aliphatic carbocycles. The number of hydrogen-bond donors (Lipinski definition) is 1. The molecular formula is C7H9ClN2O2. The van der Waals surface area contributed by atoms with Gasteiger partial charge in [-0.1, -0.05) is 11.6 Å². The number of rotatable bonds is 1. The summed E-state index contributed by atoms with van der Waals surface area (Å²) in [4.78, 5) is 11.1. The number of carbonyl (C=O) groups is 1. The van der Waals surface area contributed by atoms with Gasteiger partial charge in [0, 0.05) is 13.2 Å². The first-order chi connectivity index (χ1) is 5.57. The number of esters is 1. The Labute approximate surface area is 74.9 Å². The molecule has 12 heavy (non-hydrogen) atoms. The number of nitrogens with zero attached hydrogens (tertiary/aromatic N) is 1. The summed E-state index contributed by atoms with van der Waals surface area (Å²) in [7, 11) is 2.97. The molecule has 0 bridgehead atoms. The zero-order valence-corrected chi connectivity index (χ0v) is 7.55. The molecule has 0 aromatic carbocycles. The second kappa shape index (κ2) is 3.06. The van der Waals surface area contributed by atoms with Crippen molar-refractivity contribution in [2.45, 2.75) is 0 Å². The highest BCUT2D eigenvalue weighted by atomic mass is 35.5. The van der Waals surface area contributed by atoms with Crippen molar-refractivity contribution < 1.29 is 9.53 Å². The summed E-state index contributed by atoms with van der Waals surface area (Å²) in [6, 6.07) is 0. The van der Waals surface area contributed by atoms with Crippen LogP contribution in [-0.4, -0.2) is 17.6 Å². The largest absolute Gasteiger partial charge is 0.464 e. The van der Waals surface area contributed by atoms with Gasteiger partial charge in [0.15, 0.2) is 5.69 Å². The summed E-state index contributed by atoms with van der Waals surface area (Å²) in [6.45, 7) is 0. The Bertz CT molecular complexity index is 319. The van der Waals surface area contributed by atoms with E-state index in [9.17, 15) is 4.79 Å². The lowest BCUT2D eigenvalue weighted by atomic mass is 10.4. The van der Waals surface area contributed by atoms with Gasteiger partial charge in [0.1, 0.15) is 0 Å². The van der Waals surface area contributed by atoms with Gasteiger partial charge in [0.05, 0.1) is 17.8 Å². The third kappa shape index (κ3) is 1.25. The minimum Gasteiger partial charge on any atom is -0.464 e. The van der Waals surface area contributed by atoms with Crippen LogP contribution in [0.5, 0.6) is 0 Å². The van der Waals surface area contributed by atoms with Crippen molar-refractivity contribution in [1.82, 2.24) is 4.57 Å². The maximum Gasteiger partial charge on any atom is 0.356 e. The SMILES string of the molecule is COC(=O)c1c(N)c(Cl)cn1C. The van der Waals surface area contributed by atoms with Crippen molar-refractivity contribution in [2.24, 2.45) is 7.05 Å². The average Bonchev–Trinajstić information content (AvgIpc) is 2.26. The average molecular weight is 189 g/mol. The van der Waals surface area contributed by atoms with Crippen LogP contribution in [0, 0.1) is 0 Å². The minimum absolute atomic E-state index is 0.256. The molecule has 0 radical (unpaired) electrons. The molecule has 2 N–H and O–H groups in total. The predicted octanol–water partition coefficient (Wildman–Crippen LogP) is 1.05. The van der Waals surface area contributed by atoms with E-state index in [0.717, 1.165) is 0 Å². The van der Waals surface area contributed by atoms with Crippen LogP contribution in [0.4, 0.5) is 5.69 Å². The highest BCUT2D eigenvalue weighted by Crippen LogP contribution is 2.24. The maximum absolute atomic E-state index is 11.1. The van der Waals surface area contributed by atoms with Crippen molar-refractivity contribution in [2.75, 3.05) is 12.8 Å². The zero-order chi connectivity index (χ0) is 9.30. The number of nitrogen functional groups attached to an aromatic ring is 1. The number of halogens is 1. The maximum atomic E-state index is 11.1. The van der Waals surface area contributed by atoms with Gasteiger partial charge in [-0.3, -0.25) is 0 Å². The standard InChI is InChI=1S/C7H9ClN2O2/c1-10-3-4(8)5(9)6(10)7(11)12-2/h3H,9H2,1-2H3. The first-order valence-corrected chi connectivity index (χ1v) is 3.64. The van der Waals surface area contributed by atoms with Gasteiger partial charge in [-0.25, -0.2) is 4.79 Å². The van der Waals surface area contributed by atoms with Crippen LogP contribution >= 0.6 is 11.6 Å². The Morgan fingerprint density at radius 1 is 1.75 bits per heavy atom. The van der Waals surface area contributed by atoms with E-state index >= 15 is 0 Å². The van der Waals surface area contributed by atoms with Gasteiger partial charge in [0.2, 0.25) is 0 Å². The van der Waals surface area contributed by atoms with Crippen molar-refractivity contribution in [3.05, 3.63) is 16.9 Å². The minimum atomic E-state index is -0.484. The number of nitrogens with two attached hydrogens (primary N) is 1. The van der Waals surface area contributed by atoms with Gasteiger partial charge in [-0.2, -0.15) is 0 Å². The molecule has 0 saturated carbocycles. The van der Waals surface area contributed by atoms with E-state index in [4.69, 9.17) is 17.3 Å². The van der Waals surface area contributed by atoms with E-state index in [0.29, 0.717) is 5.02 Å². The molecule has 0 aliphatic rings. The number of aromatic nitrogens is 1. The van der Waals surface area contributed by atoms with E-state index in [-0.39, 0.29) is 11.4 Å². The zero-order valence-electron chi connectivity index (χ0n) is 6.80. The normalized spacial score (nSPS) is 9.92. The topological polar surface area (TPSA) is 57.2 Å². The van der Waals surface area contributed by atoms with Crippen LogP contribution in [0.1, 0.15) is 10.5 Å². The lowest BCUT2D eigenvalue weighted by molar-refractivity contribution is 0.0591. The van der Waals surface area contributed by atoms with Gasteiger partial charge in [0.25, 0.3) is 0 Å². The van der Waals surface area contributed by atoms with Gasteiger partial charge < -0.3 is 15.0 Å². The third-order valence-electron chi connectivity index (χ3n) is 1.55. The number of methoxy groups -OCH3 is 1. The summed E-state index contributed by atoms with van der Waals surface area (Å²) >= 11 is 5.68. The second-order valence-electron chi connectivity index (χ2n) is 2.34. The predicted molar refractivity (Wildman–Crippen MR) is 46.2 cm³/mol. The van der Waals surface area contributed by atoms with Crippen molar-refractivity contribution in [3.63, 3.8) is 0 Å². The molecule has 1 aromatic heterocycles. The van der Waals surface area contributed by atoms with E-state index in [1.807, 2.05) is 0 Å². The highest BCUT2D eigenvalue weighted by Gasteiger charge is 2.17. The molecule has 0 atom stereocenters. The number of ether oxygens (including phenoxy) is 1. The molecule has 1 heterocycles. The fraction of sp³-hybridized carbons (Fsp3) is 0.286.